The van der Waals surface area contributed by atoms with Crippen LogP contribution in [0.2, 0.25) is 0 Å². The van der Waals surface area contributed by atoms with Crippen molar-refractivity contribution >= 4 is 15.9 Å². The van der Waals surface area contributed by atoms with Crippen LogP contribution in [0.1, 0.15) is 38.3 Å². The maximum atomic E-state index is 12.5. The van der Waals surface area contributed by atoms with Crippen molar-refractivity contribution in [2.45, 2.75) is 46.2 Å². The van der Waals surface area contributed by atoms with Crippen LogP contribution in [0.25, 0.3) is 0 Å². The zero-order valence-corrected chi connectivity index (χ0v) is 14.9. The van der Waals surface area contributed by atoms with Crippen LogP contribution in [0.15, 0.2) is 24.3 Å². The van der Waals surface area contributed by atoms with Crippen molar-refractivity contribution in [2.24, 2.45) is 5.92 Å². The molecule has 0 fully saturated rings. The number of hydrogen-bond acceptors (Lipinski definition) is 3. The predicted molar refractivity (Wildman–Crippen MR) is 91.4 cm³/mol. The summed E-state index contributed by atoms with van der Waals surface area (Å²) in [5, 5.41) is 2.90. The molecule has 0 spiro atoms. The van der Waals surface area contributed by atoms with Gasteiger partial charge in [-0.3, -0.25) is 4.79 Å². The molecule has 1 aliphatic rings. The molecule has 6 heteroatoms. The average molecular weight is 338 g/mol. The monoisotopic (exact) mass is 338 g/mol. The molecule has 0 bridgehead atoms. The second-order valence-corrected chi connectivity index (χ2v) is 8.62. The fraction of sp³-hybridized carbons (Fsp3) is 0.588. The molecule has 1 aromatic carbocycles. The first-order chi connectivity index (χ1) is 10.8. The number of carbonyl (C=O) groups is 1. The summed E-state index contributed by atoms with van der Waals surface area (Å²) in [4.78, 5) is 12.5. The SMILES string of the molecule is CCS(=O)(=O)N1Cc2ccccc2CC1C(=O)NCCC(C)C. The minimum Gasteiger partial charge on any atom is -0.355 e. The van der Waals surface area contributed by atoms with Crippen LogP contribution >= 0.6 is 0 Å². The number of rotatable bonds is 6. The van der Waals surface area contributed by atoms with E-state index in [4.69, 9.17) is 0 Å². The summed E-state index contributed by atoms with van der Waals surface area (Å²) < 4.78 is 26.2. The van der Waals surface area contributed by atoms with E-state index in [-0.39, 0.29) is 18.2 Å². The number of carbonyl (C=O) groups excluding carboxylic acids is 1. The lowest BCUT2D eigenvalue weighted by Crippen LogP contribution is -2.53. The molecular weight excluding hydrogens is 312 g/mol. The van der Waals surface area contributed by atoms with Crippen molar-refractivity contribution in [1.29, 1.82) is 0 Å². The van der Waals surface area contributed by atoms with Crippen LogP contribution in [0, 0.1) is 5.92 Å². The number of hydrogen-bond donors (Lipinski definition) is 1. The van der Waals surface area contributed by atoms with Crippen molar-refractivity contribution in [2.75, 3.05) is 12.3 Å². The topological polar surface area (TPSA) is 66.5 Å². The highest BCUT2D eigenvalue weighted by atomic mass is 32.2. The Bertz CT molecular complexity index is 656. The van der Waals surface area contributed by atoms with Crippen LogP contribution in [-0.4, -0.2) is 37.0 Å². The van der Waals surface area contributed by atoms with E-state index in [0.29, 0.717) is 18.9 Å². The first-order valence-corrected chi connectivity index (χ1v) is 9.80. The summed E-state index contributed by atoms with van der Waals surface area (Å²) in [6, 6.07) is 7.08. The standard InChI is InChI=1S/C17H26N2O3S/c1-4-23(21,22)19-12-15-8-6-5-7-14(15)11-16(19)17(20)18-10-9-13(2)3/h5-8,13,16H,4,9-12H2,1-3H3,(H,18,20). The summed E-state index contributed by atoms with van der Waals surface area (Å²) in [6.07, 6.45) is 1.32. The van der Waals surface area contributed by atoms with Crippen LogP contribution in [-0.2, 0) is 27.8 Å². The summed E-state index contributed by atoms with van der Waals surface area (Å²) in [6.45, 7) is 6.65. The van der Waals surface area contributed by atoms with Crippen molar-refractivity contribution in [3.63, 3.8) is 0 Å². The normalized spacial score (nSPS) is 18.7. The Hall–Kier alpha value is -1.40. The lowest BCUT2D eigenvalue weighted by molar-refractivity contribution is -0.125. The molecule has 1 amide bonds. The van der Waals surface area contributed by atoms with Crippen molar-refractivity contribution in [1.82, 2.24) is 9.62 Å². The average Bonchev–Trinajstić information content (AvgIpc) is 2.53. The van der Waals surface area contributed by atoms with E-state index in [1.165, 1.54) is 4.31 Å². The number of nitrogens with one attached hydrogen (secondary N) is 1. The molecule has 0 aliphatic carbocycles. The van der Waals surface area contributed by atoms with E-state index in [0.717, 1.165) is 17.5 Å². The molecule has 1 atom stereocenters. The Morgan fingerprint density at radius 3 is 2.57 bits per heavy atom. The van der Waals surface area contributed by atoms with E-state index in [9.17, 15) is 13.2 Å². The van der Waals surface area contributed by atoms with Crippen molar-refractivity contribution in [3.05, 3.63) is 35.4 Å². The highest BCUT2D eigenvalue weighted by molar-refractivity contribution is 7.89. The first kappa shape index (κ1) is 17.9. The van der Waals surface area contributed by atoms with Gasteiger partial charge < -0.3 is 5.32 Å². The second-order valence-electron chi connectivity index (χ2n) is 6.41. The van der Waals surface area contributed by atoms with Gasteiger partial charge in [0.1, 0.15) is 6.04 Å². The Labute approximate surface area is 139 Å². The van der Waals surface area contributed by atoms with E-state index in [1.807, 2.05) is 24.3 Å². The number of benzene rings is 1. The summed E-state index contributed by atoms with van der Waals surface area (Å²) in [5.41, 5.74) is 2.04. The molecule has 1 unspecified atom stereocenters. The minimum absolute atomic E-state index is 0.00490. The van der Waals surface area contributed by atoms with Gasteiger partial charge in [0.2, 0.25) is 15.9 Å². The summed E-state index contributed by atoms with van der Waals surface area (Å²) in [5.74, 6) is 0.306. The highest BCUT2D eigenvalue weighted by Gasteiger charge is 2.37. The molecule has 128 valence electrons. The van der Waals surface area contributed by atoms with Gasteiger partial charge >= 0.3 is 0 Å². The maximum absolute atomic E-state index is 12.5. The smallest absolute Gasteiger partial charge is 0.238 e. The Balaban J connectivity index is 2.21. The molecule has 1 N–H and O–H groups in total. The van der Waals surface area contributed by atoms with Gasteiger partial charge in [-0.1, -0.05) is 38.1 Å². The minimum atomic E-state index is -3.43. The van der Waals surface area contributed by atoms with E-state index in [1.54, 1.807) is 6.92 Å². The number of fused-ring (bicyclic) bond motifs is 1. The van der Waals surface area contributed by atoms with Crippen molar-refractivity contribution in [3.8, 4) is 0 Å². The zero-order chi connectivity index (χ0) is 17.0. The van der Waals surface area contributed by atoms with Gasteiger partial charge in [0.25, 0.3) is 0 Å². The fourth-order valence-electron chi connectivity index (χ4n) is 2.78. The molecule has 1 aromatic rings. The predicted octanol–water partition coefficient (Wildman–Crippen LogP) is 1.93. The Morgan fingerprint density at radius 1 is 1.30 bits per heavy atom. The zero-order valence-electron chi connectivity index (χ0n) is 14.1. The van der Waals surface area contributed by atoms with Crippen LogP contribution < -0.4 is 5.32 Å². The van der Waals surface area contributed by atoms with E-state index >= 15 is 0 Å². The quantitative estimate of drug-likeness (QED) is 0.862. The largest absolute Gasteiger partial charge is 0.355 e. The van der Waals surface area contributed by atoms with E-state index in [2.05, 4.69) is 19.2 Å². The first-order valence-electron chi connectivity index (χ1n) is 8.19. The Morgan fingerprint density at radius 2 is 1.96 bits per heavy atom. The molecule has 0 aromatic heterocycles. The third-order valence-corrected chi connectivity index (χ3v) is 6.08. The van der Waals surface area contributed by atoms with Gasteiger partial charge in [-0.2, -0.15) is 4.31 Å². The Kier molecular flexibility index (Phi) is 5.81. The summed E-state index contributed by atoms with van der Waals surface area (Å²) in [7, 11) is -3.43. The molecule has 5 nitrogen and oxygen atoms in total. The van der Waals surface area contributed by atoms with Gasteiger partial charge in [-0.15, -0.1) is 0 Å². The fourth-order valence-corrected chi connectivity index (χ4v) is 4.01. The molecule has 0 saturated heterocycles. The molecular formula is C17H26N2O3S. The lowest BCUT2D eigenvalue weighted by atomic mass is 9.95. The van der Waals surface area contributed by atoms with Gasteiger partial charge in [0.15, 0.2) is 0 Å². The van der Waals surface area contributed by atoms with E-state index < -0.39 is 16.1 Å². The number of amides is 1. The third kappa shape index (κ3) is 4.32. The van der Waals surface area contributed by atoms with Crippen LogP contribution in [0.5, 0.6) is 0 Å². The second kappa shape index (κ2) is 7.45. The maximum Gasteiger partial charge on any atom is 0.238 e. The van der Waals surface area contributed by atoms with Crippen molar-refractivity contribution < 1.29 is 13.2 Å². The van der Waals surface area contributed by atoms with Crippen LogP contribution in [0.4, 0.5) is 0 Å². The molecule has 23 heavy (non-hydrogen) atoms. The molecule has 2 rings (SSSR count). The van der Waals surface area contributed by atoms with Crippen LogP contribution in [0.3, 0.4) is 0 Å². The summed E-state index contributed by atoms with van der Waals surface area (Å²) >= 11 is 0. The number of sulfonamides is 1. The molecule has 0 radical (unpaired) electrons. The van der Waals surface area contributed by atoms with Gasteiger partial charge in [-0.05, 0) is 36.8 Å². The molecule has 0 saturated carbocycles. The van der Waals surface area contributed by atoms with Gasteiger partial charge in [0, 0.05) is 13.1 Å². The van der Waals surface area contributed by atoms with Gasteiger partial charge in [-0.25, -0.2) is 8.42 Å². The highest BCUT2D eigenvalue weighted by Crippen LogP contribution is 2.26. The van der Waals surface area contributed by atoms with Gasteiger partial charge in [0.05, 0.1) is 5.75 Å². The molecule has 1 heterocycles. The molecule has 1 aliphatic heterocycles. The number of nitrogens with zero attached hydrogens (tertiary/aromatic N) is 1. The third-order valence-electron chi connectivity index (χ3n) is 4.25. The lowest BCUT2D eigenvalue weighted by Gasteiger charge is -2.34.